The molecule has 1 aromatic carbocycles. The molecule has 1 atom stereocenters. The molecule has 0 spiro atoms. The molecule has 1 unspecified atom stereocenters. The zero-order valence-electron chi connectivity index (χ0n) is 9.33. The minimum absolute atomic E-state index is 0.210. The average molecular weight is 228 g/mol. The van der Waals surface area contributed by atoms with E-state index < -0.39 is 5.60 Å². The molecule has 1 aromatic rings. The first-order valence-corrected chi connectivity index (χ1v) is 6.03. The molecule has 1 nitrogen and oxygen atoms in total. The summed E-state index contributed by atoms with van der Waals surface area (Å²) in [4.78, 5) is 0. The zero-order valence-corrected chi connectivity index (χ0v) is 10.1. The lowest BCUT2D eigenvalue weighted by Crippen LogP contribution is -2.22. The first kappa shape index (κ1) is 12.5. The second kappa shape index (κ2) is 4.99. The van der Waals surface area contributed by atoms with E-state index >= 15 is 0 Å². The van der Waals surface area contributed by atoms with Crippen molar-refractivity contribution in [2.24, 2.45) is 0 Å². The zero-order chi connectivity index (χ0) is 11.5. The van der Waals surface area contributed by atoms with Crippen molar-refractivity contribution in [3.63, 3.8) is 0 Å². The molecule has 3 heteroatoms. The molecular weight excluding hydrogens is 211 g/mol. The first-order chi connectivity index (χ1) is 6.88. The summed E-state index contributed by atoms with van der Waals surface area (Å²) in [6.07, 6.45) is 0. The van der Waals surface area contributed by atoms with Crippen LogP contribution in [0, 0.1) is 5.82 Å². The highest BCUT2D eigenvalue weighted by Crippen LogP contribution is 2.30. The van der Waals surface area contributed by atoms with Gasteiger partial charge in [-0.05, 0) is 38.5 Å². The van der Waals surface area contributed by atoms with Crippen molar-refractivity contribution in [3.05, 3.63) is 35.6 Å². The third-order valence-electron chi connectivity index (χ3n) is 2.03. The van der Waals surface area contributed by atoms with Crippen molar-refractivity contribution in [1.29, 1.82) is 0 Å². The molecule has 0 aromatic heterocycles. The number of hydrogen-bond donors (Lipinski definition) is 1. The molecule has 0 heterocycles. The van der Waals surface area contributed by atoms with Gasteiger partial charge in [0, 0.05) is 11.0 Å². The highest BCUT2D eigenvalue weighted by molar-refractivity contribution is 7.99. The van der Waals surface area contributed by atoms with Crippen molar-refractivity contribution in [2.45, 2.75) is 31.6 Å². The van der Waals surface area contributed by atoms with Gasteiger partial charge in [0.05, 0.1) is 5.60 Å². The Bertz CT molecular complexity index is 302. The van der Waals surface area contributed by atoms with Gasteiger partial charge in [0.2, 0.25) is 0 Å². The predicted molar refractivity (Wildman–Crippen MR) is 63.6 cm³/mol. The van der Waals surface area contributed by atoms with Crippen molar-refractivity contribution >= 4 is 11.8 Å². The van der Waals surface area contributed by atoms with Gasteiger partial charge in [0.15, 0.2) is 0 Å². The number of aliphatic hydroxyl groups is 1. The average Bonchev–Trinajstić information content (AvgIpc) is 2.14. The van der Waals surface area contributed by atoms with Gasteiger partial charge in [-0.2, -0.15) is 11.8 Å². The van der Waals surface area contributed by atoms with Crippen LogP contribution in [-0.2, 0) is 0 Å². The topological polar surface area (TPSA) is 20.2 Å². The van der Waals surface area contributed by atoms with Crippen LogP contribution in [0.2, 0.25) is 0 Å². The summed E-state index contributed by atoms with van der Waals surface area (Å²) in [5.74, 6) is 0.462. The maximum atomic E-state index is 12.7. The van der Waals surface area contributed by atoms with Crippen LogP contribution in [0.1, 0.15) is 31.6 Å². The molecule has 0 radical (unpaired) electrons. The van der Waals surface area contributed by atoms with Gasteiger partial charge < -0.3 is 5.11 Å². The summed E-state index contributed by atoms with van der Waals surface area (Å²) in [5, 5.41) is 9.85. The molecule has 0 saturated carbocycles. The van der Waals surface area contributed by atoms with Gasteiger partial charge in [0.25, 0.3) is 0 Å². The SMILES string of the molecule is CC(SCC(C)(C)O)c1ccc(F)cc1. The summed E-state index contributed by atoms with van der Waals surface area (Å²) in [7, 11) is 0. The van der Waals surface area contributed by atoms with Gasteiger partial charge in [-0.15, -0.1) is 0 Å². The Kier molecular flexibility index (Phi) is 4.17. The summed E-state index contributed by atoms with van der Waals surface area (Å²) in [5.41, 5.74) is 0.435. The van der Waals surface area contributed by atoms with Gasteiger partial charge in [0.1, 0.15) is 5.82 Å². The van der Waals surface area contributed by atoms with E-state index in [4.69, 9.17) is 0 Å². The second-order valence-corrected chi connectivity index (χ2v) is 5.65. The van der Waals surface area contributed by atoms with Crippen molar-refractivity contribution < 1.29 is 9.50 Å². The normalized spacial score (nSPS) is 13.9. The largest absolute Gasteiger partial charge is 0.390 e. The Morgan fingerprint density at radius 1 is 1.33 bits per heavy atom. The number of rotatable bonds is 4. The van der Waals surface area contributed by atoms with E-state index in [9.17, 15) is 9.50 Å². The van der Waals surface area contributed by atoms with Crippen LogP contribution >= 0.6 is 11.8 Å². The van der Waals surface area contributed by atoms with Gasteiger partial charge in [-0.25, -0.2) is 4.39 Å². The van der Waals surface area contributed by atoms with Crippen LogP contribution in [0.5, 0.6) is 0 Å². The number of halogens is 1. The van der Waals surface area contributed by atoms with E-state index in [0.29, 0.717) is 5.75 Å². The molecule has 0 aliphatic rings. The summed E-state index contributed by atoms with van der Waals surface area (Å²) >= 11 is 1.67. The van der Waals surface area contributed by atoms with Gasteiger partial charge in [-0.1, -0.05) is 12.1 Å². The smallest absolute Gasteiger partial charge is 0.123 e. The van der Waals surface area contributed by atoms with Crippen molar-refractivity contribution in [1.82, 2.24) is 0 Å². The standard InChI is InChI=1S/C12H17FOS/c1-9(15-8-12(2,3)14)10-4-6-11(13)7-5-10/h4-7,9,14H,8H2,1-3H3. The third kappa shape index (κ3) is 4.67. The fourth-order valence-corrected chi connectivity index (χ4v) is 2.17. The first-order valence-electron chi connectivity index (χ1n) is 4.98. The van der Waals surface area contributed by atoms with Crippen LogP contribution in [0.4, 0.5) is 4.39 Å². The molecule has 84 valence electrons. The monoisotopic (exact) mass is 228 g/mol. The van der Waals surface area contributed by atoms with E-state index in [-0.39, 0.29) is 11.1 Å². The maximum absolute atomic E-state index is 12.7. The Morgan fingerprint density at radius 3 is 2.33 bits per heavy atom. The van der Waals surface area contributed by atoms with Gasteiger partial charge in [-0.3, -0.25) is 0 Å². The van der Waals surface area contributed by atoms with Crippen LogP contribution in [-0.4, -0.2) is 16.5 Å². The molecular formula is C12H17FOS. The minimum Gasteiger partial charge on any atom is -0.390 e. The number of hydrogen-bond acceptors (Lipinski definition) is 2. The summed E-state index contributed by atoms with van der Waals surface area (Å²) < 4.78 is 12.7. The third-order valence-corrected chi connectivity index (χ3v) is 3.67. The molecule has 0 saturated heterocycles. The number of thioether (sulfide) groups is 1. The molecule has 0 aliphatic heterocycles. The molecule has 0 bridgehead atoms. The lowest BCUT2D eigenvalue weighted by atomic mass is 10.2. The second-order valence-electron chi connectivity index (χ2n) is 4.32. The van der Waals surface area contributed by atoms with E-state index in [0.717, 1.165) is 5.56 Å². The van der Waals surface area contributed by atoms with Crippen LogP contribution < -0.4 is 0 Å². The Labute approximate surface area is 94.7 Å². The lowest BCUT2D eigenvalue weighted by molar-refractivity contribution is 0.107. The van der Waals surface area contributed by atoms with Crippen LogP contribution in [0.25, 0.3) is 0 Å². The summed E-state index contributed by atoms with van der Waals surface area (Å²) in [6, 6.07) is 6.52. The fourth-order valence-electron chi connectivity index (χ4n) is 1.16. The molecule has 0 aliphatic carbocycles. The Balaban J connectivity index is 2.54. The van der Waals surface area contributed by atoms with Crippen molar-refractivity contribution in [3.8, 4) is 0 Å². The Morgan fingerprint density at radius 2 is 1.87 bits per heavy atom. The van der Waals surface area contributed by atoms with E-state index in [2.05, 4.69) is 6.92 Å². The van der Waals surface area contributed by atoms with Crippen LogP contribution in [0.15, 0.2) is 24.3 Å². The molecule has 1 rings (SSSR count). The van der Waals surface area contributed by atoms with E-state index in [1.807, 2.05) is 0 Å². The highest BCUT2D eigenvalue weighted by atomic mass is 32.2. The maximum Gasteiger partial charge on any atom is 0.123 e. The van der Waals surface area contributed by atoms with E-state index in [1.54, 1.807) is 37.7 Å². The highest BCUT2D eigenvalue weighted by Gasteiger charge is 2.15. The Hall–Kier alpha value is -0.540. The fraction of sp³-hybridized carbons (Fsp3) is 0.500. The van der Waals surface area contributed by atoms with E-state index in [1.165, 1.54) is 12.1 Å². The van der Waals surface area contributed by atoms with Crippen molar-refractivity contribution in [2.75, 3.05) is 5.75 Å². The molecule has 0 fully saturated rings. The number of benzene rings is 1. The quantitative estimate of drug-likeness (QED) is 0.852. The summed E-state index contributed by atoms with van der Waals surface area (Å²) in [6.45, 7) is 5.64. The molecule has 1 N–H and O–H groups in total. The lowest BCUT2D eigenvalue weighted by Gasteiger charge is -2.19. The van der Waals surface area contributed by atoms with Gasteiger partial charge >= 0.3 is 0 Å². The molecule has 0 amide bonds. The predicted octanol–water partition coefficient (Wildman–Crippen LogP) is 3.39. The van der Waals surface area contributed by atoms with Crippen LogP contribution in [0.3, 0.4) is 0 Å². The minimum atomic E-state index is -0.654. The molecule has 15 heavy (non-hydrogen) atoms.